The summed E-state index contributed by atoms with van der Waals surface area (Å²) in [7, 11) is 0. The molecular formula is C26H17Cl3N4O2. The van der Waals surface area contributed by atoms with Gasteiger partial charge in [0.05, 0.1) is 5.69 Å². The Bertz CT molecular complexity index is 1570. The summed E-state index contributed by atoms with van der Waals surface area (Å²) in [6.07, 6.45) is 3.00. The predicted molar refractivity (Wildman–Crippen MR) is 140 cm³/mol. The maximum atomic E-state index is 12.6. The number of carbonyl (C=O) groups is 1. The fraction of sp³-hybridized carbons (Fsp3) is 0.0385. The van der Waals surface area contributed by atoms with Crippen molar-refractivity contribution in [2.45, 2.75) is 6.92 Å². The van der Waals surface area contributed by atoms with E-state index < -0.39 is 0 Å². The molecule has 0 saturated carbocycles. The number of halogens is 3. The Morgan fingerprint density at radius 2 is 1.57 bits per heavy atom. The molecule has 5 rings (SSSR count). The van der Waals surface area contributed by atoms with E-state index in [4.69, 9.17) is 39.2 Å². The number of nitrogens with zero attached hydrogens (tertiary/aromatic N) is 3. The van der Waals surface area contributed by atoms with Crippen molar-refractivity contribution >= 4 is 63.5 Å². The first-order valence-electron chi connectivity index (χ1n) is 10.5. The topological polar surface area (TPSA) is 73.0 Å². The molecule has 0 atom stereocenters. The minimum atomic E-state index is -0.304. The van der Waals surface area contributed by atoms with Crippen molar-refractivity contribution in [1.82, 2.24) is 15.0 Å². The van der Waals surface area contributed by atoms with E-state index in [2.05, 4.69) is 15.5 Å². The van der Waals surface area contributed by atoms with Crippen LogP contribution in [-0.4, -0.2) is 20.9 Å². The number of amides is 1. The molecule has 9 heteroatoms. The highest BCUT2D eigenvalue weighted by molar-refractivity contribution is 6.35. The van der Waals surface area contributed by atoms with Gasteiger partial charge in [0.15, 0.2) is 0 Å². The number of anilines is 1. The van der Waals surface area contributed by atoms with Crippen molar-refractivity contribution in [3.8, 4) is 17.0 Å². The molecule has 2 heterocycles. The van der Waals surface area contributed by atoms with Crippen LogP contribution in [0.15, 0.2) is 77.2 Å². The lowest BCUT2D eigenvalue weighted by Gasteiger charge is -2.05. The van der Waals surface area contributed by atoms with Crippen LogP contribution in [0.4, 0.5) is 5.69 Å². The number of aromatic nitrogens is 3. The largest absolute Gasteiger partial charge is 0.457 e. The number of hydrogen-bond donors (Lipinski definition) is 1. The lowest BCUT2D eigenvalue weighted by molar-refractivity contribution is -0.111. The maximum absolute atomic E-state index is 12.6. The number of rotatable bonds is 5. The molecule has 0 spiro atoms. The van der Waals surface area contributed by atoms with Crippen molar-refractivity contribution in [2.24, 2.45) is 0 Å². The maximum Gasteiger partial charge on any atom is 0.248 e. The average Bonchev–Trinajstić information content (AvgIpc) is 3.45. The van der Waals surface area contributed by atoms with Crippen molar-refractivity contribution in [3.05, 3.63) is 99.2 Å². The van der Waals surface area contributed by atoms with Crippen LogP contribution in [0.3, 0.4) is 0 Å². The van der Waals surface area contributed by atoms with E-state index in [-0.39, 0.29) is 5.91 Å². The van der Waals surface area contributed by atoms with Gasteiger partial charge in [0.1, 0.15) is 22.6 Å². The minimum Gasteiger partial charge on any atom is -0.457 e. The zero-order valence-corrected chi connectivity index (χ0v) is 20.6. The monoisotopic (exact) mass is 522 g/mol. The summed E-state index contributed by atoms with van der Waals surface area (Å²) in [5.74, 6) is 0.810. The van der Waals surface area contributed by atoms with Crippen LogP contribution >= 0.6 is 34.8 Å². The molecule has 0 saturated heterocycles. The van der Waals surface area contributed by atoms with Gasteiger partial charge in [0.2, 0.25) is 5.91 Å². The second-order valence-corrected chi connectivity index (χ2v) is 9.11. The van der Waals surface area contributed by atoms with Gasteiger partial charge < -0.3 is 9.73 Å². The van der Waals surface area contributed by atoms with Crippen molar-refractivity contribution in [2.75, 3.05) is 5.32 Å². The number of furan rings is 1. The molecule has 0 fully saturated rings. The molecule has 35 heavy (non-hydrogen) atoms. The molecule has 2 aromatic heterocycles. The van der Waals surface area contributed by atoms with Gasteiger partial charge in [-0.25, -0.2) is 0 Å². The fourth-order valence-corrected chi connectivity index (χ4v) is 4.17. The Morgan fingerprint density at radius 3 is 2.29 bits per heavy atom. The van der Waals surface area contributed by atoms with Crippen LogP contribution in [0.25, 0.3) is 34.1 Å². The SMILES string of the molecule is Cc1cc2nn(-c3ccc(Cl)cc3)nc2cc1NC(=O)/C=C/c1ccc(-c2cc(Cl)cc(Cl)c2)o1. The number of benzene rings is 3. The molecule has 0 radical (unpaired) electrons. The van der Waals surface area contributed by atoms with Crippen LogP contribution in [0.5, 0.6) is 0 Å². The first-order chi connectivity index (χ1) is 16.8. The first-order valence-corrected chi connectivity index (χ1v) is 11.7. The quantitative estimate of drug-likeness (QED) is 0.241. The summed E-state index contributed by atoms with van der Waals surface area (Å²) < 4.78 is 5.80. The summed E-state index contributed by atoms with van der Waals surface area (Å²) in [6, 6.07) is 19.6. The smallest absolute Gasteiger partial charge is 0.248 e. The van der Waals surface area contributed by atoms with Gasteiger partial charge in [0, 0.05) is 32.4 Å². The third kappa shape index (κ3) is 5.25. The Hall–Kier alpha value is -3.58. The number of nitrogens with one attached hydrogen (secondary N) is 1. The number of aryl methyl sites for hydroxylation is 1. The molecule has 174 valence electrons. The number of hydrogen-bond acceptors (Lipinski definition) is 4. The molecule has 1 amide bonds. The van der Waals surface area contributed by atoms with Crippen molar-refractivity contribution in [1.29, 1.82) is 0 Å². The van der Waals surface area contributed by atoms with Crippen LogP contribution < -0.4 is 5.32 Å². The van der Waals surface area contributed by atoms with E-state index >= 15 is 0 Å². The second kappa shape index (κ2) is 9.58. The average molecular weight is 524 g/mol. The zero-order valence-electron chi connectivity index (χ0n) is 18.3. The normalized spacial score (nSPS) is 11.4. The second-order valence-electron chi connectivity index (χ2n) is 7.80. The lowest BCUT2D eigenvalue weighted by atomic mass is 10.1. The Kier molecular flexibility index (Phi) is 6.34. The van der Waals surface area contributed by atoms with Gasteiger partial charge in [0.25, 0.3) is 0 Å². The van der Waals surface area contributed by atoms with E-state index in [1.807, 2.05) is 25.1 Å². The van der Waals surface area contributed by atoms with Gasteiger partial charge >= 0.3 is 0 Å². The van der Waals surface area contributed by atoms with E-state index in [1.165, 1.54) is 10.9 Å². The van der Waals surface area contributed by atoms with Crippen LogP contribution in [0.1, 0.15) is 11.3 Å². The van der Waals surface area contributed by atoms with Gasteiger partial charge in [-0.15, -0.1) is 10.2 Å². The number of fused-ring (bicyclic) bond motifs is 1. The molecule has 0 unspecified atom stereocenters. The van der Waals surface area contributed by atoms with Gasteiger partial charge in [-0.05, 0) is 85.3 Å². The Labute approximate surface area is 215 Å². The molecule has 6 nitrogen and oxygen atoms in total. The lowest BCUT2D eigenvalue weighted by Crippen LogP contribution is -2.08. The summed E-state index contributed by atoms with van der Waals surface area (Å²) in [5.41, 5.74) is 4.41. The third-order valence-electron chi connectivity index (χ3n) is 5.21. The first kappa shape index (κ1) is 23.2. The molecule has 0 bridgehead atoms. The van der Waals surface area contributed by atoms with E-state index in [9.17, 15) is 4.79 Å². The van der Waals surface area contributed by atoms with Crippen molar-refractivity contribution < 1.29 is 9.21 Å². The molecule has 1 N–H and O–H groups in total. The summed E-state index contributed by atoms with van der Waals surface area (Å²) in [4.78, 5) is 14.1. The Morgan fingerprint density at radius 1 is 0.886 bits per heavy atom. The molecule has 0 aliphatic carbocycles. The fourth-order valence-electron chi connectivity index (χ4n) is 3.52. The Balaban J connectivity index is 1.32. The van der Waals surface area contributed by atoms with E-state index in [1.54, 1.807) is 54.6 Å². The van der Waals surface area contributed by atoms with Crippen molar-refractivity contribution in [3.63, 3.8) is 0 Å². The van der Waals surface area contributed by atoms with Crippen LogP contribution in [0, 0.1) is 6.92 Å². The number of carbonyl (C=O) groups excluding carboxylic acids is 1. The predicted octanol–water partition coefficient (Wildman–Crippen LogP) is 7.60. The highest BCUT2D eigenvalue weighted by Crippen LogP contribution is 2.29. The third-order valence-corrected chi connectivity index (χ3v) is 5.90. The van der Waals surface area contributed by atoms with Crippen LogP contribution in [-0.2, 0) is 4.79 Å². The summed E-state index contributed by atoms with van der Waals surface area (Å²) in [6.45, 7) is 1.90. The van der Waals surface area contributed by atoms with Gasteiger partial charge in [-0.2, -0.15) is 4.80 Å². The highest BCUT2D eigenvalue weighted by Gasteiger charge is 2.11. The molecular weight excluding hydrogens is 507 g/mol. The molecule has 5 aromatic rings. The summed E-state index contributed by atoms with van der Waals surface area (Å²) in [5, 5.41) is 13.6. The summed E-state index contributed by atoms with van der Waals surface area (Å²) >= 11 is 18.1. The molecule has 3 aromatic carbocycles. The molecule has 0 aliphatic heterocycles. The zero-order chi connectivity index (χ0) is 24.5. The molecule has 0 aliphatic rings. The van der Waals surface area contributed by atoms with Crippen LogP contribution in [0.2, 0.25) is 15.1 Å². The van der Waals surface area contributed by atoms with Gasteiger partial charge in [-0.1, -0.05) is 34.8 Å². The highest BCUT2D eigenvalue weighted by atomic mass is 35.5. The minimum absolute atomic E-state index is 0.304. The van der Waals surface area contributed by atoms with E-state index in [0.29, 0.717) is 37.8 Å². The van der Waals surface area contributed by atoms with E-state index in [0.717, 1.165) is 22.3 Å². The van der Waals surface area contributed by atoms with Gasteiger partial charge in [-0.3, -0.25) is 4.79 Å². The standard InChI is InChI=1S/C26H17Cl3N4O2/c1-15-10-23-24(32-33(31-23)20-4-2-17(27)3-5-20)14-22(15)30-26(34)9-7-21-6-8-25(35-21)16-11-18(28)13-19(29)12-16/h2-14H,1H3,(H,30,34)/b9-7+.